The average molecular weight is 193 g/mol. The molecule has 0 saturated heterocycles. The third-order valence-corrected chi connectivity index (χ3v) is 2.11. The Labute approximate surface area is 84.2 Å². The number of rotatable bonds is 2. The van der Waals surface area contributed by atoms with Gasteiger partial charge < -0.3 is 14.4 Å². The topological polar surface area (TPSA) is 21.7 Å². The standard InChI is InChI=1S/C11H15NO2/c1-12(2)8-9-3-4-10-11(7-9)14-6-5-13-10/h3-4,7H,5-6,8H2,1-2H3. The van der Waals surface area contributed by atoms with E-state index in [2.05, 4.69) is 31.1 Å². The second kappa shape index (κ2) is 3.88. The van der Waals surface area contributed by atoms with Crippen LogP contribution in [0.2, 0.25) is 0 Å². The Morgan fingerprint density at radius 3 is 2.57 bits per heavy atom. The fourth-order valence-corrected chi connectivity index (χ4v) is 1.55. The summed E-state index contributed by atoms with van der Waals surface area (Å²) in [6.45, 7) is 2.23. The van der Waals surface area contributed by atoms with Gasteiger partial charge in [-0.25, -0.2) is 0 Å². The van der Waals surface area contributed by atoms with Crippen molar-refractivity contribution in [3.8, 4) is 11.5 Å². The van der Waals surface area contributed by atoms with Crippen molar-refractivity contribution in [1.82, 2.24) is 4.90 Å². The predicted octanol–water partition coefficient (Wildman–Crippen LogP) is 1.52. The Balaban J connectivity index is 2.20. The van der Waals surface area contributed by atoms with E-state index in [1.54, 1.807) is 0 Å². The van der Waals surface area contributed by atoms with Crippen LogP contribution in [0.3, 0.4) is 0 Å². The van der Waals surface area contributed by atoms with Gasteiger partial charge in [-0.3, -0.25) is 0 Å². The highest BCUT2D eigenvalue weighted by molar-refractivity contribution is 5.43. The lowest BCUT2D eigenvalue weighted by atomic mass is 10.2. The number of hydrogen-bond donors (Lipinski definition) is 0. The Morgan fingerprint density at radius 1 is 1.14 bits per heavy atom. The van der Waals surface area contributed by atoms with Crippen LogP contribution in [0.15, 0.2) is 18.2 Å². The third kappa shape index (κ3) is 1.99. The molecule has 0 atom stereocenters. The largest absolute Gasteiger partial charge is 0.486 e. The number of hydrogen-bond acceptors (Lipinski definition) is 3. The monoisotopic (exact) mass is 193 g/mol. The minimum atomic E-state index is 0.651. The van der Waals surface area contributed by atoms with Crippen molar-refractivity contribution in [2.75, 3.05) is 27.3 Å². The molecule has 1 aromatic rings. The molecule has 0 aliphatic carbocycles. The van der Waals surface area contributed by atoms with Crippen molar-refractivity contribution in [2.24, 2.45) is 0 Å². The molecule has 3 nitrogen and oxygen atoms in total. The van der Waals surface area contributed by atoms with Crippen LogP contribution in [0.5, 0.6) is 11.5 Å². The molecule has 76 valence electrons. The van der Waals surface area contributed by atoms with E-state index in [0.29, 0.717) is 13.2 Å². The van der Waals surface area contributed by atoms with Gasteiger partial charge in [-0.15, -0.1) is 0 Å². The summed E-state index contributed by atoms with van der Waals surface area (Å²) in [5.74, 6) is 1.73. The van der Waals surface area contributed by atoms with Crippen LogP contribution in [0.4, 0.5) is 0 Å². The summed E-state index contributed by atoms with van der Waals surface area (Å²) in [4.78, 5) is 2.13. The summed E-state index contributed by atoms with van der Waals surface area (Å²) >= 11 is 0. The van der Waals surface area contributed by atoms with Crippen molar-refractivity contribution in [3.05, 3.63) is 23.8 Å². The first-order valence-electron chi connectivity index (χ1n) is 4.79. The Hall–Kier alpha value is -1.22. The molecular weight excluding hydrogens is 178 g/mol. The van der Waals surface area contributed by atoms with Gasteiger partial charge in [-0.2, -0.15) is 0 Å². The summed E-state index contributed by atoms with van der Waals surface area (Å²) in [6, 6.07) is 6.11. The van der Waals surface area contributed by atoms with Crippen LogP contribution >= 0.6 is 0 Å². The minimum Gasteiger partial charge on any atom is -0.486 e. The minimum absolute atomic E-state index is 0.651. The SMILES string of the molecule is CN(C)Cc1ccc2c(c1)OCCO2. The van der Waals surface area contributed by atoms with Gasteiger partial charge in [0.2, 0.25) is 0 Å². The fraction of sp³-hybridized carbons (Fsp3) is 0.455. The first kappa shape index (κ1) is 9.34. The number of ether oxygens (including phenoxy) is 2. The van der Waals surface area contributed by atoms with Crippen molar-refractivity contribution in [3.63, 3.8) is 0 Å². The summed E-state index contributed by atoms with van der Waals surface area (Å²) in [5.41, 5.74) is 1.25. The normalized spacial score (nSPS) is 14.5. The van der Waals surface area contributed by atoms with E-state index in [4.69, 9.17) is 9.47 Å². The lowest BCUT2D eigenvalue weighted by molar-refractivity contribution is 0.171. The molecule has 0 amide bonds. The molecule has 0 spiro atoms. The van der Waals surface area contributed by atoms with E-state index < -0.39 is 0 Å². The molecule has 0 saturated carbocycles. The summed E-state index contributed by atoms with van der Waals surface area (Å²) in [7, 11) is 4.10. The highest BCUT2D eigenvalue weighted by atomic mass is 16.6. The van der Waals surface area contributed by atoms with Gasteiger partial charge in [-0.05, 0) is 31.8 Å². The maximum absolute atomic E-state index is 5.50. The lowest BCUT2D eigenvalue weighted by Gasteiger charge is -2.19. The fourth-order valence-electron chi connectivity index (χ4n) is 1.55. The number of benzene rings is 1. The average Bonchev–Trinajstić information content (AvgIpc) is 2.17. The zero-order chi connectivity index (χ0) is 9.97. The zero-order valence-corrected chi connectivity index (χ0v) is 8.62. The van der Waals surface area contributed by atoms with Crippen LogP contribution in [0, 0.1) is 0 Å². The molecule has 1 heterocycles. The van der Waals surface area contributed by atoms with Gasteiger partial charge in [0.25, 0.3) is 0 Å². The van der Waals surface area contributed by atoms with E-state index in [9.17, 15) is 0 Å². The second-order valence-electron chi connectivity index (χ2n) is 3.72. The van der Waals surface area contributed by atoms with Crippen LogP contribution in [-0.2, 0) is 6.54 Å². The van der Waals surface area contributed by atoms with Gasteiger partial charge >= 0.3 is 0 Å². The van der Waals surface area contributed by atoms with Gasteiger partial charge in [0.05, 0.1) is 0 Å². The van der Waals surface area contributed by atoms with Crippen LogP contribution in [-0.4, -0.2) is 32.2 Å². The summed E-state index contributed by atoms with van der Waals surface area (Å²) < 4.78 is 10.9. The lowest BCUT2D eigenvalue weighted by Crippen LogP contribution is -2.16. The van der Waals surface area contributed by atoms with E-state index in [1.165, 1.54) is 5.56 Å². The summed E-state index contributed by atoms with van der Waals surface area (Å²) in [6.07, 6.45) is 0. The first-order chi connectivity index (χ1) is 6.75. The molecule has 1 aliphatic rings. The first-order valence-corrected chi connectivity index (χ1v) is 4.79. The molecule has 14 heavy (non-hydrogen) atoms. The number of nitrogens with zero attached hydrogens (tertiary/aromatic N) is 1. The van der Waals surface area contributed by atoms with Crippen LogP contribution < -0.4 is 9.47 Å². The van der Waals surface area contributed by atoms with E-state index >= 15 is 0 Å². The molecule has 2 rings (SSSR count). The van der Waals surface area contributed by atoms with Crippen LogP contribution in [0.1, 0.15) is 5.56 Å². The maximum atomic E-state index is 5.50. The molecule has 0 bridgehead atoms. The maximum Gasteiger partial charge on any atom is 0.161 e. The van der Waals surface area contributed by atoms with Gasteiger partial charge in [0.15, 0.2) is 11.5 Å². The second-order valence-corrected chi connectivity index (χ2v) is 3.72. The van der Waals surface area contributed by atoms with Crippen molar-refractivity contribution >= 4 is 0 Å². The Kier molecular flexibility index (Phi) is 2.59. The van der Waals surface area contributed by atoms with Crippen molar-refractivity contribution in [2.45, 2.75) is 6.54 Å². The highest BCUT2D eigenvalue weighted by Gasteiger charge is 2.11. The number of fused-ring (bicyclic) bond motifs is 1. The molecular formula is C11H15NO2. The van der Waals surface area contributed by atoms with E-state index in [-0.39, 0.29) is 0 Å². The Morgan fingerprint density at radius 2 is 1.86 bits per heavy atom. The molecule has 0 radical (unpaired) electrons. The molecule has 0 aromatic heterocycles. The van der Waals surface area contributed by atoms with Gasteiger partial charge in [-0.1, -0.05) is 6.07 Å². The highest BCUT2D eigenvalue weighted by Crippen LogP contribution is 2.30. The molecule has 0 fully saturated rings. The van der Waals surface area contributed by atoms with E-state index in [1.807, 2.05) is 6.07 Å². The predicted molar refractivity (Wildman–Crippen MR) is 54.8 cm³/mol. The van der Waals surface area contributed by atoms with Crippen molar-refractivity contribution < 1.29 is 9.47 Å². The molecule has 0 unspecified atom stereocenters. The molecule has 1 aromatic carbocycles. The molecule has 1 aliphatic heterocycles. The quantitative estimate of drug-likeness (QED) is 0.710. The van der Waals surface area contributed by atoms with Crippen LogP contribution in [0.25, 0.3) is 0 Å². The van der Waals surface area contributed by atoms with Gasteiger partial charge in [0.1, 0.15) is 13.2 Å². The Bertz CT molecular complexity index is 323. The van der Waals surface area contributed by atoms with E-state index in [0.717, 1.165) is 18.0 Å². The van der Waals surface area contributed by atoms with Crippen molar-refractivity contribution in [1.29, 1.82) is 0 Å². The zero-order valence-electron chi connectivity index (χ0n) is 8.62. The molecule has 3 heteroatoms. The summed E-state index contributed by atoms with van der Waals surface area (Å²) in [5, 5.41) is 0. The third-order valence-electron chi connectivity index (χ3n) is 2.11. The smallest absolute Gasteiger partial charge is 0.161 e. The molecule has 0 N–H and O–H groups in total. The van der Waals surface area contributed by atoms with Gasteiger partial charge in [0, 0.05) is 6.54 Å².